The monoisotopic (exact) mass is 414 g/mol. The smallest absolute Gasteiger partial charge is 0.252 e. The van der Waals surface area contributed by atoms with Crippen molar-refractivity contribution in [2.45, 2.75) is 11.5 Å². The van der Waals surface area contributed by atoms with E-state index in [1.165, 1.54) is 11.9 Å². The molecule has 1 aromatic heterocycles. The standard InChI is InChI=1S/C24H26N6O/c31-23(20-9-5-4-8-19(20)22-25-16-26-28-22)27-21-17-12-29-10-11-30(13-17)15-24(21,14-29)18-6-2-1-3-7-18/h1-9,16-17,21H,10-15H2,(H,27,31)(H,25,26,28). The summed E-state index contributed by atoms with van der Waals surface area (Å²) in [4.78, 5) is 23.1. The highest BCUT2D eigenvalue weighted by Gasteiger charge is 2.55. The molecule has 4 aliphatic rings. The Morgan fingerprint density at radius 3 is 2.42 bits per heavy atom. The minimum atomic E-state index is -0.101. The first-order chi connectivity index (χ1) is 15.2. The first-order valence-electron chi connectivity index (χ1n) is 11.0. The summed E-state index contributed by atoms with van der Waals surface area (Å²) >= 11 is 0. The predicted molar refractivity (Wildman–Crippen MR) is 118 cm³/mol. The average Bonchev–Trinajstić information content (AvgIpc) is 3.22. The van der Waals surface area contributed by atoms with Crippen molar-refractivity contribution in [2.75, 3.05) is 39.3 Å². The second kappa shape index (κ2) is 7.28. The van der Waals surface area contributed by atoms with Gasteiger partial charge in [0.1, 0.15) is 6.33 Å². The fourth-order valence-electron chi connectivity index (χ4n) is 6.01. The fourth-order valence-corrected chi connectivity index (χ4v) is 6.01. The Kier molecular flexibility index (Phi) is 4.40. The molecule has 4 aliphatic heterocycles. The number of H-pyrrole nitrogens is 1. The normalized spacial score (nSPS) is 31.4. The maximum absolute atomic E-state index is 13.6. The lowest BCUT2D eigenvalue weighted by Gasteiger charge is -2.55. The van der Waals surface area contributed by atoms with E-state index < -0.39 is 0 Å². The Hall–Kier alpha value is -3.03. The molecule has 2 N–H and O–H groups in total. The lowest BCUT2D eigenvalue weighted by molar-refractivity contribution is 0.0181. The molecule has 4 saturated heterocycles. The van der Waals surface area contributed by atoms with Gasteiger partial charge in [-0.2, -0.15) is 5.10 Å². The number of piperidine rings is 2. The molecular weight excluding hydrogens is 388 g/mol. The van der Waals surface area contributed by atoms with Gasteiger partial charge in [0.15, 0.2) is 5.82 Å². The summed E-state index contributed by atoms with van der Waals surface area (Å²) in [6, 6.07) is 18.5. The number of amides is 1. The van der Waals surface area contributed by atoms with Crippen LogP contribution in [0.15, 0.2) is 60.9 Å². The third-order valence-corrected chi connectivity index (χ3v) is 7.27. The van der Waals surface area contributed by atoms with Crippen LogP contribution in [-0.2, 0) is 5.41 Å². The zero-order valence-electron chi connectivity index (χ0n) is 17.4. The number of carbonyl (C=O) groups is 1. The number of nitrogens with zero attached hydrogens (tertiary/aromatic N) is 4. The second-order valence-electron chi connectivity index (χ2n) is 9.08. The van der Waals surface area contributed by atoms with Crippen LogP contribution in [0.4, 0.5) is 0 Å². The van der Waals surface area contributed by atoms with Gasteiger partial charge < -0.3 is 15.1 Å². The molecule has 3 atom stereocenters. The summed E-state index contributed by atoms with van der Waals surface area (Å²) in [6.07, 6.45) is 1.47. The largest absolute Gasteiger partial charge is 0.348 e. The fraction of sp³-hybridized carbons (Fsp3) is 0.375. The van der Waals surface area contributed by atoms with E-state index in [1.807, 2.05) is 24.3 Å². The molecule has 4 fully saturated rings. The van der Waals surface area contributed by atoms with E-state index in [9.17, 15) is 4.79 Å². The number of aromatic amines is 1. The zero-order chi connectivity index (χ0) is 20.8. The van der Waals surface area contributed by atoms with Crippen LogP contribution in [0.2, 0.25) is 0 Å². The van der Waals surface area contributed by atoms with Gasteiger partial charge in [0.25, 0.3) is 5.91 Å². The van der Waals surface area contributed by atoms with Gasteiger partial charge in [-0.1, -0.05) is 48.5 Å². The van der Waals surface area contributed by atoms with Crippen LogP contribution in [0.5, 0.6) is 0 Å². The summed E-state index contributed by atoms with van der Waals surface area (Å²) in [7, 11) is 0. The van der Waals surface area contributed by atoms with Crippen molar-refractivity contribution in [3.8, 4) is 11.4 Å². The molecule has 5 heterocycles. The van der Waals surface area contributed by atoms with Crippen molar-refractivity contribution in [3.63, 3.8) is 0 Å². The summed E-state index contributed by atoms with van der Waals surface area (Å²) in [5.41, 5.74) is 2.63. The van der Waals surface area contributed by atoms with Gasteiger partial charge in [-0.3, -0.25) is 9.89 Å². The molecule has 31 heavy (non-hydrogen) atoms. The SMILES string of the molecule is O=C(NC1C2CN3CCN(C2)CC1(c1ccccc1)C3)c1ccccc1-c1ncn[nH]1. The Morgan fingerprint density at radius 1 is 1.00 bits per heavy atom. The van der Waals surface area contributed by atoms with Crippen molar-refractivity contribution in [1.82, 2.24) is 30.3 Å². The van der Waals surface area contributed by atoms with E-state index in [0.29, 0.717) is 17.3 Å². The Labute approximate surface area is 181 Å². The van der Waals surface area contributed by atoms with E-state index >= 15 is 0 Å². The van der Waals surface area contributed by atoms with Crippen molar-refractivity contribution in [1.29, 1.82) is 0 Å². The van der Waals surface area contributed by atoms with E-state index in [4.69, 9.17) is 0 Å². The number of aromatic nitrogens is 3. The first kappa shape index (κ1) is 18.7. The van der Waals surface area contributed by atoms with Crippen LogP contribution >= 0.6 is 0 Å². The highest BCUT2D eigenvalue weighted by Crippen LogP contribution is 2.43. The molecular formula is C24H26N6O. The van der Waals surface area contributed by atoms with E-state index in [1.54, 1.807) is 0 Å². The molecule has 7 nitrogen and oxygen atoms in total. The number of fused-ring (bicyclic) bond motifs is 1. The van der Waals surface area contributed by atoms with Crippen LogP contribution in [0.25, 0.3) is 11.4 Å². The molecule has 0 saturated carbocycles. The molecule has 7 rings (SSSR count). The highest BCUT2D eigenvalue weighted by atomic mass is 16.1. The average molecular weight is 415 g/mol. The van der Waals surface area contributed by atoms with Gasteiger partial charge in [0.2, 0.25) is 0 Å². The minimum Gasteiger partial charge on any atom is -0.348 e. The molecule has 0 spiro atoms. The Balaban J connectivity index is 1.38. The van der Waals surface area contributed by atoms with Gasteiger partial charge >= 0.3 is 0 Å². The molecule has 4 bridgehead atoms. The number of hydrogen-bond acceptors (Lipinski definition) is 5. The molecule has 3 aromatic rings. The van der Waals surface area contributed by atoms with Gasteiger partial charge in [0, 0.05) is 62.2 Å². The Morgan fingerprint density at radius 2 is 1.71 bits per heavy atom. The molecule has 7 heteroatoms. The second-order valence-corrected chi connectivity index (χ2v) is 9.08. The van der Waals surface area contributed by atoms with Crippen LogP contribution in [0.1, 0.15) is 15.9 Å². The van der Waals surface area contributed by atoms with Crippen LogP contribution in [-0.4, -0.2) is 76.2 Å². The van der Waals surface area contributed by atoms with E-state index in [0.717, 1.165) is 44.8 Å². The number of hydrogen-bond donors (Lipinski definition) is 2. The van der Waals surface area contributed by atoms with Crippen LogP contribution < -0.4 is 5.32 Å². The zero-order valence-corrected chi connectivity index (χ0v) is 17.4. The first-order valence-corrected chi connectivity index (χ1v) is 11.0. The molecule has 158 valence electrons. The molecule has 0 radical (unpaired) electrons. The van der Waals surface area contributed by atoms with E-state index in [-0.39, 0.29) is 17.4 Å². The van der Waals surface area contributed by atoms with Crippen LogP contribution in [0.3, 0.4) is 0 Å². The van der Waals surface area contributed by atoms with Gasteiger partial charge in [-0.05, 0) is 11.6 Å². The van der Waals surface area contributed by atoms with Crippen molar-refractivity contribution < 1.29 is 4.79 Å². The lowest BCUT2D eigenvalue weighted by atomic mass is 9.64. The summed E-state index contributed by atoms with van der Waals surface area (Å²) in [5, 5.41) is 10.3. The number of carbonyl (C=O) groups excluding carboxylic acids is 1. The van der Waals surface area contributed by atoms with Crippen molar-refractivity contribution in [2.24, 2.45) is 5.92 Å². The van der Waals surface area contributed by atoms with Gasteiger partial charge in [-0.15, -0.1) is 0 Å². The van der Waals surface area contributed by atoms with E-state index in [2.05, 4.69) is 60.6 Å². The minimum absolute atomic E-state index is 0.0385. The number of nitrogens with one attached hydrogen (secondary N) is 2. The summed E-state index contributed by atoms with van der Waals surface area (Å²) in [5.74, 6) is 0.984. The van der Waals surface area contributed by atoms with Crippen LogP contribution in [0, 0.1) is 5.92 Å². The van der Waals surface area contributed by atoms with Crippen molar-refractivity contribution >= 4 is 5.91 Å². The van der Waals surface area contributed by atoms with Crippen molar-refractivity contribution in [3.05, 3.63) is 72.1 Å². The quantitative estimate of drug-likeness (QED) is 0.681. The molecule has 0 aliphatic carbocycles. The third-order valence-electron chi connectivity index (χ3n) is 7.27. The molecule has 2 aromatic carbocycles. The Bertz CT molecular complexity index is 1070. The topological polar surface area (TPSA) is 77.2 Å². The summed E-state index contributed by atoms with van der Waals surface area (Å²) in [6.45, 7) is 6.27. The summed E-state index contributed by atoms with van der Waals surface area (Å²) < 4.78 is 0. The van der Waals surface area contributed by atoms with Gasteiger partial charge in [-0.25, -0.2) is 4.98 Å². The van der Waals surface area contributed by atoms with Gasteiger partial charge in [0.05, 0.1) is 5.56 Å². The highest BCUT2D eigenvalue weighted by molar-refractivity contribution is 6.00. The number of rotatable bonds is 4. The maximum Gasteiger partial charge on any atom is 0.252 e. The predicted octanol–water partition coefficient (Wildman–Crippen LogP) is 1.77. The third kappa shape index (κ3) is 3.07. The molecule has 3 unspecified atom stereocenters. The molecule has 1 amide bonds. The lowest BCUT2D eigenvalue weighted by Crippen LogP contribution is -2.70. The maximum atomic E-state index is 13.6. The number of benzene rings is 2.